The number of aryl methyl sites for hydroxylation is 3. The van der Waals surface area contributed by atoms with Gasteiger partial charge in [-0.2, -0.15) is 9.97 Å². The van der Waals surface area contributed by atoms with Crippen molar-refractivity contribution in [2.45, 2.75) is 32.7 Å². The van der Waals surface area contributed by atoms with Gasteiger partial charge in [-0.3, -0.25) is 4.90 Å². The van der Waals surface area contributed by atoms with Gasteiger partial charge in [0.1, 0.15) is 16.4 Å². The van der Waals surface area contributed by atoms with Crippen molar-refractivity contribution in [3.05, 3.63) is 46.4 Å². The molecule has 0 saturated carbocycles. The van der Waals surface area contributed by atoms with Crippen molar-refractivity contribution < 1.29 is 14.0 Å². The molecule has 8 nitrogen and oxygen atoms in total. The molecule has 0 N–H and O–H groups in total. The fraction of sp³-hybridized carbons (Fsp3) is 0.391. The Balaban J connectivity index is 1.33. The van der Waals surface area contributed by atoms with Gasteiger partial charge in [-0.25, -0.2) is 4.98 Å². The van der Waals surface area contributed by atoms with Crippen LogP contribution in [0.5, 0.6) is 11.6 Å². The molecule has 4 aromatic rings. The first kappa shape index (κ1) is 19.8. The quantitative estimate of drug-likeness (QED) is 0.449. The molecule has 1 aliphatic carbocycles. The fourth-order valence-corrected chi connectivity index (χ4v) is 5.58. The number of fused-ring (bicyclic) bond motifs is 3. The molecular weight excluding hydrogens is 426 g/mol. The summed E-state index contributed by atoms with van der Waals surface area (Å²) in [6, 6.07) is 7.71. The van der Waals surface area contributed by atoms with Crippen molar-refractivity contribution in [1.82, 2.24) is 25.0 Å². The number of thiophene rings is 1. The van der Waals surface area contributed by atoms with Crippen LogP contribution in [-0.2, 0) is 24.1 Å². The van der Waals surface area contributed by atoms with E-state index in [0.717, 1.165) is 66.5 Å². The standard InChI is InChI=1S/C23H23N5O3S/c1-14-24-21(27-31-14)15-5-7-16(8-6-15)30-22-20-17-3-2-4-18(17)32-23(20)26-19(25-22)13-28-9-11-29-12-10-28/h5-8H,2-4,9-13H2,1H3. The third-order valence-corrected chi connectivity index (χ3v) is 7.09. The van der Waals surface area contributed by atoms with Gasteiger partial charge in [-0.1, -0.05) is 5.16 Å². The van der Waals surface area contributed by atoms with Gasteiger partial charge in [0, 0.05) is 30.5 Å². The summed E-state index contributed by atoms with van der Waals surface area (Å²) in [6.45, 7) is 5.79. The average Bonchev–Trinajstić information content (AvgIpc) is 3.51. The van der Waals surface area contributed by atoms with Crippen LogP contribution in [0.2, 0.25) is 0 Å². The van der Waals surface area contributed by atoms with Gasteiger partial charge in [-0.15, -0.1) is 11.3 Å². The van der Waals surface area contributed by atoms with Gasteiger partial charge in [-0.05, 0) is 49.1 Å². The minimum absolute atomic E-state index is 0.544. The lowest BCUT2D eigenvalue weighted by Crippen LogP contribution is -2.36. The highest BCUT2D eigenvalue weighted by atomic mass is 32.1. The predicted octanol–water partition coefficient (Wildman–Crippen LogP) is 4.16. The summed E-state index contributed by atoms with van der Waals surface area (Å²) in [6.07, 6.45) is 3.37. The number of benzene rings is 1. The zero-order chi connectivity index (χ0) is 21.5. The van der Waals surface area contributed by atoms with Gasteiger partial charge >= 0.3 is 0 Å². The van der Waals surface area contributed by atoms with Crippen molar-refractivity contribution in [3.63, 3.8) is 0 Å². The van der Waals surface area contributed by atoms with Gasteiger partial charge in [0.15, 0.2) is 0 Å². The molecule has 0 radical (unpaired) electrons. The van der Waals surface area contributed by atoms with Crippen LogP contribution in [0.25, 0.3) is 21.6 Å². The molecule has 2 aliphatic rings. The monoisotopic (exact) mass is 449 g/mol. The smallest absolute Gasteiger partial charge is 0.231 e. The van der Waals surface area contributed by atoms with Crippen molar-refractivity contribution in [1.29, 1.82) is 0 Å². The lowest BCUT2D eigenvalue weighted by Gasteiger charge is -2.25. The van der Waals surface area contributed by atoms with Gasteiger partial charge < -0.3 is 14.0 Å². The number of rotatable bonds is 5. The first-order valence-corrected chi connectivity index (χ1v) is 11.7. The van der Waals surface area contributed by atoms with E-state index in [9.17, 15) is 0 Å². The van der Waals surface area contributed by atoms with Crippen molar-refractivity contribution in [3.8, 4) is 23.0 Å². The van der Waals surface area contributed by atoms with Crippen LogP contribution < -0.4 is 4.74 Å². The molecule has 0 atom stereocenters. The molecule has 9 heteroatoms. The zero-order valence-electron chi connectivity index (χ0n) is 17.8. The van der Waals surface area contributed by atoms with E-state index in [4.69, 9.17) is 24.0 Å². The van der Waals surface area contributed by atoms with Crippen LogP contribution in [0.3, 0.4) is 0 Å². The Hall–Kier alpha value is -2.88. The molecule has 4 heterocycles. The van der Waals surface area contributed by atoms with E-state index in [1.54, 1.807) is 18.3 Å². The van der Waals surface area contributed by atoms with Crippen LogP contribution in [0.4, 0.5) is 0 Å². The first-order chi connectivity index (χ1) is 15.7. The Labute approximate surface area is 189 Å². The van der Waals surface area contributed by atoms with E-state index in [-0.39, 0.29) is 0 Å². The average molecular weight is 450 g/mol. The number of ether oxygens (including phenoxy) is 2. The van der Waals surface area contributed by atoms with Crippen LogP contribution in [0, 0.1) is 6.92 Å². The molecule has 32 heavy (non-hydrogen) atoms. The predicted molar refractivity (Wildman–Crippen MR) is 120 cm³/mol. The van der Waals surface area contributed by atoms with E-state index in [1.807, 2.05) is 24.3 Å². The molecule has 3 aromatic heterocycles. The maximum Gasteiger partial charge on any atom is 0.231 e. The minimum Gasteiger partial charge on any atom is -0.438 e. The Morgan fingerprint density at radius 2 is 1.91 bits per heavy atom. The first-order valence-electron chi connectivity index (χ1n) is 10.9. The topological polar surface area (TPSA) is 86.4 Å². The Bertz CT molecular complexity index is 1260. The number of nitrogens with zero attached hydrogens (tertiary/aromatic N) is 5. The van der Waals surface area contributed by atoms with Crippen molar-refractivity contribution >= 4 is 21.6 Å². The molecule has 0 amide bonds. The maximum absolute atomic E-state index is 6.35. The third kappa shape index (κ3) is 3.76. The Kier molecular flexibility index (Phi) is 5.09. The second-order valence-electron chi connectivity index (χ2n) is 8.13. The lowest BCUT2D eigenvalue weighted by atomic mass is 10.2. The van der Waals surface area contributed by atoms with Crippen LogP contribution in [0.1, 0.15) is 28.6 Å². The van der Waals surface area contributed by atoms with Gasteiger partial charge in [0.05, 0.1) is 25.1 Å². The number of hydrogen-bond acceptors (Lipinski definition) is 9. The lowest BCUT2D eigenvalue weighted by molar-refractivity contribution is 0.0330. The van der Waals surface area contributed by atoms with E-state index in [1.165, 1.54) is 16.9 Å². The molecule has 0 bridgehead atoms. The van der Waals surface area contributed by atoms with E-state index < -0.39 is 0 Å². The summed E-state index contributed by atoms with van der Waals surface area (Å²) in [4.78, 5) is 18.8. The van der Waals surface area contributed by atoms with Gasteiger partial charge in [0.2, 0.25) is 17.6 Å². The highest BCUT2D eigenvalue weighted by Crippen LogP contribution is 2.41. The summed E-state index contributed by atoms with van der Waals surface area (Å²) in [5, 5.41) is 5.06. The molecule has 0 spiro atoms. The van der Waals surface area contributed by atoms with Crippen molar-refractivity contribution in [2.24, 2.45) is 0 Å². The van der Waals surface area contributed by atoms with E-state index in [2.05, 4.69) is 15.0 Å². The number of aromatic nitrogens is 4. The van der Waals surface area contributed by atoms with Crippen LogP contribution in [0.15, 0.2) is 28.8 Å². The summed E-state index contributed by atoms with van der Waals surface area (Å²) in [5.41, 5.74) is 2.24. The van der Waals surface area contributed by atoms with Gasteiger partial charge in [0.25, 0.3) is 0 Å². The highest BCUT2D eigenvalue weighted by Gasteiger charge is 2.24. The second-order valence-corrected chi connectivity index (χ2v) is 9.22. The summed E-state index contributed by atoms with van der Waals surface area (Å²) < 4.78 is 16.9. The molecular formula is C23H23N5O3S. The summed E-state index contributed by atoms with van der Waals surface area (Å²) in [5.74, 6) is 3.29. The zero-order valence-corrected chi connectivity index (χ0v) is 18.7. The number of morpholine rings is 1. The summed E-state index contributed by atoms with van der Waals surface area (Å²) >= 11 is 1.79. The molecule has 0 unspecified atom stereocenters. The van der Waals surface area contributed by atoms with E-state index >= 15 is 0 Å². The third-order valence-electron chi connectivity index (χ3n) is 5.90. The Morgan fingerprint density at radius 1 is 1.06 bits per heavy atom. The summed E-state index contributed by atoms with van der Waals surface area (Å²) in [7, 11) is 0. The fourth-order valence-electron chi connectivity index (χ4n) is 4.31. The molecule has 1 aromatic carbocycles. The highest BCUT2D eigenvalue weighted by molar-refractivity contribution is 7.19. The largest absolute Gasteiger partial charge is 0.438 e. The van der Waals surface area contributed by atoms with Crippen LogP contribution in [-0.4, -0.2) is 51.3 Å². The molecule has 6 rings (SSSR count). The van der Waals surface area contributed by atoms with Crippen LogP contribution >= 0.6 is 11.3 Å². The molecule has 164 valence electrons. The molecule has 1 aliphatic heterocycles. The van der Waals surface area contributed by atoms with E-state index in [0.29, 0.717) is 24.1 Å². The molecule has 1 fully saturated rings. The molecule has 1 saturated heterocycles. The maximum atomic E-state index is 6.35. The minimum atomic E-state index is 0.544. The second kappa shape index (κ2) is 8.23. The Morgan fingerprint density at radius 3 is 2.69 bits per heavy atom. The number of hydrogen-bond donors (Lipinski definition) is 0. The SMILES string of the molecule is Cc1nc(-c2ccc(Oc3nc(CN4CCOCC4)nc4sc5c(c34)CCC5)cc2)no1. The normalized spacial score (nSPS) is 16.5. The van der Waals surface area contributed by atoms with Crippen molar-refractivity contribution in [2.75, 3.05) is 26.3 Å².